The third-order valence-corrected chi connectivity index (χ3v) is 4.90. The molecule has 4 nitrogen and oxygen atoms in total. The molecule has 110 valence electrons. The summed E-state index contributed by atoms with van der Waals surface area (Å²) in [6.45, 7) is 1.84. The van der Waals surface area contributed by atoms with Crippen LogP contribution in [0.15, 0.2) is 12.1 Å². The summed E-state index contributed by atoms with van der Waals surface area (Å²) in [4.78, 5) is 16.0. The van der Waals surface area contributed by atoms with Gasteiger partial charge in [0.05, 0.1) is 18.4 Å². The van der Waals surface area contributed by atoms with Crippen LogP contribution in [0.25, 0.3) is 0 Å². The Hall–Kier alpha value is -1.23. The Morgan fingerprint density at radius 2 is 2.25 bits per heavy atom. The van der Waals surface area contributed by atoms with E-state index >= 15 is 0 Å². The van der Waals surface area contributed by atoms with Crippen LogP contribution in [-0.2, 0) is 4.74 Å². The number of pyridine rings is 1. The summed E-state index contributed by atoms with van der Waals surface area (Å²) in [6, 6.07) is 4.13. The monoisotopic (exact) mass is 294 g/mol. The molecule has 0 radical (unpaired) electrons. The Balaban J connectivity index is 2.03. The highest BCUT2D eigenvalue weighted by atomic mass is 32.2. The minimum Gasteiger partial charge on any atom is -0.465 e. The van der Waals surface area contributed by atoms with Crippen molar-refractivity contribution in [2.75, 3.05) is 18.7 Å². The van der Waals surface area contributed by atoms with E-state index in [0.29, 0.717) is 17.3 Å². The lowest BCUT2D eigenvalue weighted by molar-refractivity contribution is 0.0599. The number of aromatic nitrogens is 1. The fraction of sp³-hybridized carbons (Fsp3) is 0.600. The second-order valence-electron chi connectivity index (χ2n) is 5.19. The molecule has 2 rings (SSSR count). The van der Waals surface area contributed by atoms with Crippen LogP contribution in [0, 0.1) is 6.92 Å². The van der Waals surface area contributed by atoms with Crippen molar-refractivity contribution < 1.29 is 9.53 Å². The second kappa shape index (κ2) is 6.97. The zero-order valence-electron chi connectivity index (χ0n) is 12.3. The fourth-order valence-electron chi connectivity index (χ4n) is 2.67. The maximum Gasteiger partial charge on any atom is 0.339 e. The molecule has 1 aromatic heterocycles. The quantitative estimate of drug-likeness (QED) is 0.864. The number of esters is 1. The maximum atomic E-state index is 11.5. The van der Waals surface area contributed by atoms with E-state index in [1.165, 1.54) is 32.8 Å². The minimum atomic E-state index is -0.332. The summed E-state index contributed by atoms with van der Waals surface area (Å²) < 4.78 is 4.73. The van der Waals surface area contributed by atoms with Crippen LogP contribution < -0.4 is 5.32 Å². The van der Waals surface area contributed by atoms with Gasteiger partial charge in [-0.25, -0.2) is 9.78 Å². The van der Waals surface area contributed by atoms with E-state index < -0.39 is 0 Å². The number of aryl methyl sites for hydroxylation is 1. The Kier molecular flexibility index (Phi) is 5.29. The van der Waals surface area contributed by atoms with Crippen molar-refractivity contribution in [3.63, 3.8) is 0 Å². The maximum absolute atomic E-state index is 11.5. The van der Waals surface area contributed by atoms with Gasteiger partial charge in [0.2, 0.25) is 0 Å². The first-order valence-electron chi connectivity index (χ1n) is 6.99. The van der Waals surface area contributed by atoms with E-state index in [-0.39, 0.29) is 5.97 Å². The van der Waals surface area contributed by atoms with Gasteiger partial charge in [0.25, 0.3) is 0 Å². The number of methoxy groups -OCH3 is 1. The number of carbonyl (C=O) groups excluding carboxylic acids is 1. The summed E-state index contributed by atoms with van der Waals surface area (Å²) in [7, 11) is 1.39. The van der Waals surface area contributed by atoms with Gasteiger partial charge in [0.1, 0.15) is 5.82 Å². The van der Waals surface area contributed by atoms with Crippen LogP contribution >= 0.6 is 11.8 Å². The fourth-order valence-corrected chi connectivity index (χ4v) is 3.49. The molecule has 1 aliphatic carbocycles. The van der Waals surface area contributed by atoms with Crippen LogP contribution in [0.4, 0.5) is 5.82 Å². The lowest BCUT2D eigenvalue weighted by atomic mass is 9.95. The molecular formula is C15H22N2O2S. The van der Waals surface area contributed by atoms with Crippen molar-refractivity contribution in [1.29, 1.82) is 0 Å². The Morgan fingerprint density at radius 1 is 1.45 bits per heavy atom. The summed E-state index contributed by atoms with van der Waals surface area (Å²) >= 11 is 1.95. The van der Waals surface area contributed by atoms with Crippen molar-refractivity contribution in [2.45, 2.75) is 43.9 Å². The van der Waals surface area contributed by atoms with E-state index in [1.807, 2.05) is 24.8 Å². The molecule has 20 heavy (non-hydrogen) atoms. The number of hydrogen-bond acceptors (Lipinski definition) is 5. The molecule has 1 saturated carbocycles. The van der Waals surface area contributed by atoms with E-state index in [0.717, 1.165) is 11.1 Å². The molecule has 1 aromatic rings. The molecule has 1 aliphatic rings. The van der Waals surface area contributed by atoms with E-state index in [1.54, 1.807) is 6.07 Å². The number of thioether (sulfide) groups is 1. The number of rotatable bonds is 4. The van der Waals surface area contributed by atoms with Crippen LogP contribution in [0.5, 0.6) is 0 Å². The molecule has 1 heterocycles. The number of carbonyl (C=O) groups is 1. The smallest absolute Gasteiger partial charge is 0.339 e. The lowest BCUT2D eigenvalue weighted by Gasteiger charge is -2.29. The van der Waals surface area contributed by atoms with E-state index in [2.05, 4.69) is 16.6 Å². The van der Waals surface area contributed by atoms with Crippen molar-refractivity contribution in [2.24, 2.45) is 0 Å². The zero-order chi connectivity index (χ0) is 14.5. The van der Waals surface area contributed by atoms with Gasteiger partial charge < -0.3 is 10.1 Å². The SMILES string of the molecule is COC(=O)c1ccc(NC2CCCC(SC)C2)nc1C. The van der Waals surface area contributed by atoms with Crippen molar-refractivity contribution in [3.05, 3.63) is 23.4 Å². The number of hydrogen-bond donors (Lipinski definition) is 1. The standard InChI is InChI=1S/C15H22N2O2S/c1-10-13(15(18)19-2)7-8-14(16-10)17-11-5-4-6-12(9-11)20-3/h7-8,11-12H,4-6,9H2,1-3H3,(H,16,17). The van der Waals surface area contributed by atoms with Gasteiger partial charge in [0, 0.05) is 11.3 Å². The van der Waals surface area contributed by atoms with E-state index in [4.69, 9.17) is 4.74 Å². The van der Waals surface area contributed by atoms with Crippen LogP contribution in [0.1, 0.15) is 41.7 Å². The van der Waals surface area contributed by atoms with Gasteiger partial charge in [-0.1, -0.05) is 6.42 Å². The summed E-state index contributed by atoms with van der Waals surface area (Å²) in [6.07, 6.45) is 7.13. The van der Waals surface area contributed by atoms with Gasteiger partial charge >= 0.3 is 5.97 Å². The van der Waals surface area contributed by atoms with Gasteiger partial charge in [-0.2, -0.15) is 11.8 Å². The predicted octanol–water partition coefficient (Wildman–Crippen LogP) is 3.26. The normalized spacial score (nSPS) is 22.4. The first kappa shape index (κ1) is 15.2. The first-order valence-corrected chi connectivity index (χ1v) is 8.28. The Bertz CT molecular complexity index is 479. The van der Waals surface area contributed by atoms with Gasteiger partial charge in [-0.15, -0.1) is 0 Å². The highest BCUT2D eigenvalue weighted by Gasteiger charge is 2.21. The number of ether oxygens (including phenoxy) is 1. The molecule has 0 saturated heterocycles. The minimum absolute atomic E-state index is 0.332. The van der Waals surface area contributed by atoms with Crippen molar-refractivity contribution in [1.82, 2.24) is 4.98 Å². The molecule has 5 heteroatoms. The third kappa shape index (κ3) is 3.66. The van der Waals surface area contributed by atoms with Crippen molar-refractivity contribution >= 4 is 23.5 Å². The molecule has 2 atom stereocenters. The number of nitrogens with zero attached hydrogens (tertiary/aromatic N) is 1. The highest BCUT2D eigenvalue weighted by molar-refractivity contribution is 7.99. The number of nitrogens with one attached hydrogen (secondary N) is 1. The average molecular weight is 294 g/mol. The molecule has 0 amide bonds. The summed E-state index contributed by atoms with van der Waals surface area (Å²) in [5.41, 5.74) is 1.24. The van der Waals surface area contributed by atoms with Gasteiger partial charge in [0.15, 0.2) is 0 Å². The molecule has 1 N–H and O–H groups in total. The van der Waals surface area contributed by atoms with Crippen LogP contribution in [0.2, 0.25) is 0 Å². The first-order chi connectivity index (χ1) is 9.63. The van der Waals surface area contributed by atoms with Crippen LogP contribution in [-0.4, -0.2) is 35.6 Å². The zero-order valence-corrected chi connectivity index (χ0v) is 13.1. The third-order valence-electron chi connectivity index (χ3n) is 3.80. The average Bonchev–Trinajstić information content (AvgIpc) is 2.47. The molecular weight excluding hydrogens is 272 g/mol. The summed E-state index contributed by atoms with van der Waals surface area (Å²) in [5.74, 6) is 0.517. The molecule has 2 unspecified atom stereocenters. The van der Waals surface area contributed by atoms with Gasteiger partial charge in [-0.05, 0) is 44.6 Å². The molecule has 0 spiro atoms. The molecule has 0 aromatic carbocycles. The number of anilines is 1. The predicted molar refractivity (Wildman–Crippen MR) is 83.5 cm³/mol. The van der Waals surface area contributed by atoms with Crippen molar-refractivity contribution in [3.8, 4) is 0 Å². The topological polar surface area (TPSA) is 51.2 Å². The Labute approximate surface area is 124 Å². The molecule has 1 fully saturated rings. The lowest BCUT2D eigenvalue weighted by Crippen LogP contribution is -2.29. The van der Waals surface area contributed by atoms with Gasteiger partial charge in [-0.3, -0.25) is 0 Å². The molecule has 0 aliphatic heterocycles. The summed E-state index contributed by atoms with van der Waals surface area (Å²) in [5, 5.41) is 4.24. The highest BCUT2D eigenvalue weighted by Crippen LogP contribution is 2.28. The Morgan fingerprint density at radius 3 is 2.90 bits per heavy atom. The van der Waals surface area contributed by atoms with E-state index in [9.17, 15) is 4.79 Å². The van der Waals surface area contributed by atoms with Crippen LogP contribution in [0.3, 0.4) is 0 Å². The molecule has 0 bridgehead atoms. The largest absolute Gasteiger partial charge is 0.465 e. The second-order valence-corrected chi connectivity index (χ2v) is 6.32.